The van der Waals surface area contributed by atoms with E-state index in [2.05, 4.69) is 26.8 Å². The van der Waals surface area contributed by atoms with Gasteiger partial charge in [0.1, 0.15) is 5.76 Å². The van der Waals surface area contributed by atoms with Gasteiger partial charge >= 0.3 is 0 Å². The summed E-state index contributed by atoms with van der Waals surface area (Å²) in [7, 11) is 0. The summed E-state index contributed by atoms with van der Waals surface area (Å²) in [6.07, 6.45) is 1.40. The summed E-state index contributed by atoms with van der Waals surface area (Å²) in [4.78, 5) is 23.7. The van der Waals surface area contributed by atoms with Gasteiger partial charge < -0.3 is 4.42 Å². The molecule has 2 N–H and O–H groups in total. The van der Waals surface area contributed by atoms with Crippen LogP contribution >= 0.6 is 27.5 Å². The van der Waals surface area contributed by atoms with Crippen LogP contribution in [-0.2, 0) is 0 Å². The van der Waals surface area contributed by atoms with Crippen molar-refractivity contribution in [2.45, 2.75) is 6.92 Å². The summed E-state index contributed by atoms with van der Waals surface area (Å²) >= 11 is 9.17. The number of carbonyl (C=O) groups is 2. The standard InChI is InChI=1S/C13H10BrClN2O3/c1-7-9(4-5-20-7)12(18)16-17-13(19)10-6-8(14)2-3-11(10)15/h2-6H,1H3,(H,16,18)(H,17,19). The van der Waals surface area contributed by atoms with Crippen molar-refractivity contribution >= 4 is 39.3 Å². The minimum Gasteiger partial charge on any atom is -0.469 e. The van der Waals surface area contributed by atoms with E-state index in [1.165, 1.54) is 12.3 Å². The number of aryl methyl sites for hydroxylation is 1. The second-order valence-corrected chi connectivity index (χ2v) is 5.25. The number of nitrogens with one attached hydrogen (secondary N) is 2. The van der Waals surface area contributed by atoms with Gasteiger partial charge in [0, 0.05) is 4.47 Å². The second-order valence-electron chi connectivity index (χ2n) is 3.92. The van der Waals surface area contributed by atoms with Gasteiger partial charge in [-0.05, 0) is 31.2 Å². The van der Waals surface area contributed by atoms with Crippen molar-refractivity contribution in [1.29, 1.82) is 0 Å². The maximum Gasteiger partial charge on any atom is 0.273 e. The van der Waals surface area contributed by atoms with E-state index in [1.54, 1.807) is 25.1 Å². The maximum atomic E-state index is 11.9. The molecule has 2 amide bonds. The van der Waals surface area contributed by atoms with Gasteiger partial charge in [-0.1, -0.05) is 27.5 Å². The van der Waals surface area contributed by atoms with Crippen LogP contribution in [0.1, 0.15) is 26.5 Å². The summed E-state index contributed by atoms with van der Waals surface area (Å²) < 4.78 is 5.72. The van der Waals surface area contributed by atoms with Gasteiger partial charge in [-0.2, -0.15) is 0 Å². The fourth-order valence-electron chi connectivity index (χ4n) is 1.54. The maximum absolute atomic E-state index is 11.9. The molecule has 0 aliphatic rings. The molecule has 1 aromatic carbocycles. The fourth-order valence-corrected chi connectivity index (χ4v) is 2.10. The van der Waals surface area contributed by atoms with Crippen molar-refractivity contribution in [2.75, 3.05) is 0 Å². The highest BCUT2D eigenvalue weighted by molar-refractivity contribution is 9.10. The Labute approximate surface area is 128 Å². The molecule has 7 heteroatoms. The number of hydrazine groups is 1. The Bertz CT molecular complexity index is 669. The highest BCUT2D eigenvalue weighted by Crippen LogP contribution is 2.20. The molecule has 0 radical (unpaired) electrons. The molecule has 5 nitrogen and oxygen atoms in total. The average Bonchev–Trinajstić information content (AvgIpc) is 2.84. The number of furan rings is 1. The van der Waals surface area contributed by atoms with E-state index < -0.39 is 11.8 Å². The van der Waals surface area contributed by atoms with Crippen molar-refractivity contribution in [3.05, 3.63) is 56.9 Å². The van der Waals surface area contributed by atoms with Crippen molar-refractivity contribution < 1.29 is 14.0 Å². The van der Waals surface area contributed by atoms with Gasteiger partial charge in [0.25, 0.3) is 11.8 Å². The normalized spacial score (nSPS) is 10.2. The lowest BCUT2D eigenvalue weighted by atomic mass is 10.2. The molecule has 20 heavy (non-hydrogen) atoms. The molecule has 104 valence electrons. The van der Waals surface area contributed by atoms with Crippen LogP contribution in [0.3, 0.4) is 0 Å². The van der Waals surface area contributed by atoms with Crippen molar-refractivity contribution in [3.63, 3.8) is 0 Å². The number of amides is 2. The smallest absolute Gasteiger partial charge is 0.273 e. The molecule has 0 spiro atoms. The van der Waals surface area contributed by atoms with Crippen molar-refractivity contribution in [2.24, 2.45) is 0 Å². The Kier molecular flexibility index (Phi) is 4.46. The summed E-state index contributed by atoms with van der Waals surface area (Å²) in [6.45, 7) is 1.65. The van der Waals surface area contributed by atoms with Gasteiger partial charge in [-0.25, -0.2) is 0 Å². The Hall–Kier alpha value is -1.79. The predicted molar refractivity (Wildman–Crippen MR) is 77.5 cm³/mol. The second kappa shape index (κ2) is 6.11. The largest absolute Gasteiger partial charge is 0.469 e. The molecular formula is C13H10BrClN2O3. The van der Waals surface area contributed by atoms with E-state index >= 15 is 0 Å². The minimum atomic E-state index is -0.509. The molecule has 0 aliphatic heterocycles. The van der Waals surface area contributed by atoms with E-state index in [4.69, 9.17) is 16.0 Å². The number of hydrogen-bond donors (Lipinski definition) is 2. The quantitative estimate of drug-likeness (QED) is 0.811. The van der Waals surface area contributed by atoms with Crippen LogP contribution in [0.4, 0.5) is 0 Å². The third kappa shape index (κ3) is 3.20. The van der Waals surface area contributed by atoms with Crippen LogP contribution in [0.15, 0.2) is 39.4 Å². The summed E-state index contributed by atoms with van der Waals surface area (Å²) in [6, 6.07) is 6.38. The minimum absolute atomic E-state index is 0.255. The fraction of sp³-hybridized carbons (Fsp3) is 0.0769. The molecule has 0 bridgehead atoms. The first-order valence-electron chi connectivity index (χ1n) is 5.59. The molecule has 2 aromatic rings. The van der Waals surface area contributed by atoms with E-state index in [9.17, 15) is 9.59 Å². The Morgan fingerprint density at radius 2 is 1.80 bits per heavy atom. The van der Waals surface area contributed by atoms with Gasteiger partial charge in [-0.15, -0.1) is 0 Å². The highest BCUT2D eigenvalue weighted by Gasteiger charge is 2.14. The third-order valence-corrected chi connectivity index (χ3v) is 3.39. The van der Waals surface area contributed by atoms with Crippen LogP contribution in [0.5, 0.6) is 0 Å². The lowest BCUT2D eigenvalue weighted by molar-refractivity contribution is 0.0845. The number of benzene rings is 1. The Morgan fingerprint density at radius 1 is 1.15 bits per heavy atom. The first-order valence-corrected chi connectivity index (χ1v) is 6.76. The number of hydrogen-bond acceptors (Lipinski definition) is 3. The monoisotopic (exact) mass is 356 g/mol. The zero-order valence-corrected chi connectivity index (χ0v) is 12.7. The third-order valence-electron chi connectivity index (χ3n) is 2.57. The Morgan fingerprint density at radius 3 is 2.40 bits per heavy atom. The topological polar surface area (TPSA) is 71.3 Å². The zero-order valence-electron chi connectivity index (χ0n) is 10.4. The molecule has 0 aliphatic carbocycles. The molecule has 1 heterocycles. The number of carbonyl (C=O) groups excluding carboxylic acids is 2. The average molecular weight is 358 g/mol. The summed E-state index contributed by atoms with van der Waals surface area (Å²) in [5.41, 5.74) is 5.20. The zero-order chi connectivity index (χ0) is 14.7. The number of rotatable bonds is 2. The van der Waals surface area contributed by atoms with Crippen LogP contribution in [0, 0.1) is 6.92 Å². The van der Waals surface area contributed by atoms with Crippen LogP contribution in [-0.4, -0.2) is 11.8 Å². The highest BCUT2D eigenvalue weighted by atomic mass is 79.9. The van der Waals surface area contributed by atoms with Crippen molar-refractivity contribution in [1.82, 2.24) is 10.9 Å². The van der Waals surface area contributed by atoms with Gasteiger partial charge in [0.05, 0.1) is 22.4 Å². The van der Waals surface area contributed by atoms with Crippen LogP contribution in [0.2, 0.25) is 5.02 Å². The lowest BCUT2D eigenvalue weighted by Crippen LogP contribution is -2.41. The number of halogens is 2. The van der Waals surface area contributed by atoms with Crippen molar-refractivity contribution in [3.8, 4) is 0 Å². The van der Waals surface area contributed by atoms with E-state index in [0.29, 0.717) is 20.8 Å². The Balaban J connectivity index is 2.04. The summed E-state index contributed by atoms with van der Waals surface area (Å²) in [5, 5.41) is 0.291. The van der Waals surface area contributed by atoms with Gasteiger partial charge in [0.2, 0.25) is 0 Å². The van der Waals surface area contributed by atoms with Gasteiger partial charge in [-0.3, -0.25) is 20.4 Å². The molecule has 0 saturated heterocycles. The van der Waals surface area contributed by atoms with E-state index in [1.807, 2.05) is 0 Å². The molecule has 0 atom stereocenters. The molecule has 0 fully saturated rings. The molecule has 0 unspecified atom stereocenters. The van der Waals surface area contributed by atoms with E-state index in [-0.39, 0.29) is 5.56 Å². The first kappa shape index (κ1) is 14.6. The first-order chi connectivity index (χ1) is 9.49. The van der Waals surface area contributed by atoms with Gasteiger partial charge in [0.15, 0.2) is 0 Å². The molecule has 0 saturated carbocycles. The molecular weight excluding hydrogens is 348 g/mol. The molecule has 2 rings (SSSR count). The summed E-state index contributed by atoms with van der Waals surface area (Å²) in [5.74, 6) is -0.501. The lowest BCUT2D eigenvalue weighted by Gasteiger charge is -2.08. The van der Waals surface area contributed by atoms with Crippen LogP contribution in [0.25, 0.3) is 0 Å². The predicted octanol–water partition coefficient (Wildman–Crippen LogP) is 3.08. The SMILES string of the molecule is Cc1occc1C(=O)NNC(=O)c1cc(Br)ccc1Cl. The molecule has 1 aromatic heterocycles. The van der Waals surface area contributed by atoms with Crippen LogP contribution < -0.4 is 10.9 Å². The van der Waals surface area contributed by atoms with E-state index in [0.717, 1.165) is 0 Å².